The molecule has 1 aliphatic carbocycles. The molecule has 0 bridgehead atoms. The summed E-state index contributed by atoms with van der Waals surface area (Å²) in [5.41, 5.74) is -0.0184. The molecule has 0 aromatic carbocycles. The third-order valence-corrected chi connectivity index (χ3v) is 4.52. The predicted molar refractivity (Wildman–Crippen MR) is 77.0 cm³/mol. The Morgan fingerprint density at radius 2 is 1.95 bits per heavy atom. The standard InChI is InChI=1S/C14H19FN4O2/c1-18-12-11(13(20)17-14(18)21)19(8-16-12)7-10-4-2-9(6-15)3-5-10/h8-10H,2-7H2,1H3,(H,17,20,21). The van der Waals surface area contributed by atoms with Crippen molar-refractivity contribution < 1.29 is 4.39 Å². The molecule has 2 aromatic rings. The number of aromatic nitrogens is 4. The van der Waals surface area contributed by atoms with Gasteiger partial charge in [-0.1, -0.05) is 0 Å². The number of H-pyrrole nitrogens is 1. The van der Waals surface area contributed by atoms with Crippen molar-refractivity contribution in [2.45, 2.75) is 32.2 Å². The normalized spacial score (nSPS) is 22.8. The lowest BCUT2D eigenvalue weighted by Crippen LogP contribution is -2.29. The topological polar surface area (TPSA) is 72.7 Å². The zero-order valence-electron chi connectivity index (χ0n) is 12.0. The highest BCUT2D eigenvalue weighted by molar-refractivity contribution is 5.69. The van der Waals surface area contributed by atoms with Gasteiger partial charge in [-0.05, 0) is 37.5 Å². The molecule has 21 heavy (non-hydrogen) atoms. The maximum Gasteiger partial charge on any atom is 0.329 e. The van der Waals surface area contributed by atoms with E-state index in [0.717, 1.165) is 25.7 Å². The second-order valence-electron chi connectivity index (χ2n) is 5.93. The summed E-state index contributed by atoms with van der Waals surface area (Å²) >= 11 is 0. The lowest BCUT2D eigenvalue weighted by atomic mass is 9.82. The van der Waals surface area contributed by atoms with E-state index in [-0.39, 0.29) is 12.6 Å². The molecular formula is C14H19FN4O2. The van der Waals surface area contributed by atoms with Gasteiger partial charge in [-0.15, -0.1) is 0 Å². The number of nitrogens with one attached hydrogen (secondary N) is 1. The molecule has 0 unspecified atom stereocenters. The minimum Gasteiger partial charge on any atom is -0.324 e. The number of alkyl halides is 1. The van der Waals surface area contributed by atoms with Crippen molar-refractivity contribution in [1.29, 1.82) is 0 Å². The van der Waals surface area contributed by atoms with E-state index < -0.39 is 11.2 Å². The van der Waals surface area contributed by atoms with Crippen LogP contribution in [0.5, 0.6) is 0 Å². The van der Waals surface area contributed by atoms with E-state index in [2.05, 4.69) is 9.97 Å². The van der Waals surface area contributed by atoms with Crippen LogP contribution in [-0.2, 0) is 13.6 Å². The second kappa shape index (κ2) is 5.46. The highest BCUT2D eigenvalue weighted by Gasteiger charge is 2.22. The molecule has 7 heteroatoms. The summed E-state index contributed by atoms with van der Waals surface area (Å²) in [4.78, 5) is 30.0. The number of fused-ring (bicyclic) bond motifs is 1. The van der Waals surface area contributed by atoms with Gasteiger partial charge < -0.3 is 4.57 Å². The molecule has 3 rings (SSSR count). The average molecular weight is 294 g/mol. The smallest absolute Gasteiger partial charge is 0.324 e. The molecule has 0 atom stereocenters. The van der Waals surface area contributed by atoms with E-state index in [1.807, 2.05) is 4.57 Å². The Morgan fingerprint density at radius 3 is 2.62 bits per heavy atom. The van der Waals surface area contributed by atoms with E-state index in [1.165, 1.54) is 4.57 Å². The fraction of sp³-hybridized carbons (Fsp3) is 0.643. The van der Waals surface area contributed by atoms with Crippen molar-refractivity contribution in [3.8, 4) is 0 Å². The fourth-order valence-corrected chi connectivity index (χ4v) is 3.17. The Kier molecular flexibility index (Phi) is 3.65. The van der Waals surface area contributed by atoms with E-state index in [0.29, 0.717) is 23.6 Å². The van der Waals surface area contributed by atoms with Crippen LogP contribution in [0.3, 0.4) is 0 Å². The highest BCUT2D eigenvalue weighted by Crippen LogP contribution is 2.30. The van der Waals surface area contributed by atoms with Crippen LogP contribution in [0, 0.1) is 11.8 Å². The Labute approximate surface area is 120 Å². The molecule has 1 N–H and O–H groups in total. The van der Waals surface area contributed by atoms with Crippen molar-refractivity contribution in [2.75, 3.05) is 6.67 Å². The van der Waals surface area contributed by atoms with E-state index in [4.69, 9.17) is 0 Å². The lowest BCUT2D eigenvalue weighted by Gasteiger charge is -2.27. The van der Waals surface area contributed by atoms with E-state index >= 15 is 0 Å². The first-order valence-corrected chi connectivity index (χ1v) is 7.30. The molecule has 114 valence electrons. The van der Waals surface area contributed by atoms with Gasteiger partial charge >= 0.3 is 5.69 Å². The van der Waals surface area contributed by atoms with Crippen LogP contribution in [0.15, 0.2) is 15.9 Å². The van der Waals surface area contributed by atoms with Crippen LogP contribution >= 0.6 is 0 Å². The number of hydrogen-bond donors (Lipinski definition) is 1. The number of aromatic amines is 1. The van der Waals surface area contributed by atoms with Gasteiger partial charge in [-0.2, -0.15) is 0 Å². The molecule has 0 spiro atoms. The minimum absolute atomic E-state index is 0.199. The van der Waals surface area contributed by atoms with Gasteiger partial charge in [0.05, 0.1) is 13.0 Å². The predicted octanol–water partition coefficient (Wildman–Crippen LogP) is 1.20. The van der Waals surface area contributed by atoms with Crippen LogP contribution in [0.4, 0.5) is 4.39 Å². The van der Waals surface area contributed by atoms with E-state index in [1.54, 1.807) is 13.4 Å². The van der Waals surface area contributed by atoms with Crippen molar-refractivity contribution in [3.05, 3.63) is 27.2 Å². The Bertz CT molecular complexity index is 752. The maximum atomic E-state index is 12.6. The molecule has 2 heterocycles. The number of nitrogens with zero attached hydrogens (tertiary/aromatic N) is 3. The van der Waals surface area contributed by atoms with Crippen LogP contribution in [0.1, 0.15) is 25.7 Å². The first-order chi connectivity index (χ1) is 10.1. The molecule has 0 amide bonds. The number of aryl methyl sites for hydroxylation is 1. The second-order valence-corrected chi connectivity index (χ2v) is 5.93. The molecule has 6 nitrogen and oxygen atoms in total. The van der Waals surface area contributed by atoms with Crippen LogP contribution < -0.4 is 11.2 Å². The molecule has 0 saturated heterocycles. The number of halogens is 1. The minimum atomic E-state index is -0.457. The number of rotatable bonds is 3. The first-order valence-electron chi connectivity index (χ1n) is 7.30. The highest BCUT2D eigenvalue weighted by atomic mass is 19.1. The Morgan fingerprint density at radius 1 is 1.29 bits per heavy atom. The first kappa shape index (κ1) is 14.0. The van der Waals surface area contributed by atoms with Gasteiger partial charge in [0.2, 0.25) is 0 Å². The van der Waals surface area contributed by atoms with Gasteiger partial charge in [0.25, 0.3) is 5.56 Å². The van der Waals surface area contributed by atoms with E-state index in [9.17, 15) is 14.0 Å². The van der Waals surface area contributed by atoms with Crippen molar-refractivity contribution in [2.24, 2.45) is 18.9 Å². The molecule has 2 aromatic heterocycles. The van der Waals surface area contributed by atoms with Gasteiger partial charge in [0.1, 0.15) is 0 Å². The van der Waals surface area contributed by atoms with Crippen LogP contribution in [0.2, 0.25) is 0 Å². The molecule has 1 aliphatic rings. The van der Waals surface area contributed by atoms with Gasteiger partial charge in [-0.25, -0.2) is 9.78 Å². The summed E-state index contributed by atoms with van der Waals surface area (Å²) in [6.45, 7) is 0.458. The van der Waals surface area contributed by atoms with Gasteiger partial charge in [0, 0.05) is 13.6 Å². The SMILES string of the molecule is Cn1c(=O)[nH]c(=O)c2c1ncn2CC1CCC(CF)CC1. The van der Waals surface area contributed by atoms with Crippen molar-refractivity contribution >= 4 is 11.2 Å². The Balaban J connectivity index is 1.87. The molecule has 0 aliphatic heterocycles. The maximum absolute atomic E-state index is 12.6. The third kappa shape index (κ3) is 2.52. The van der Waals surface area contributed by atoms with Crippen molar-refractivity contribution in [1.82, 2.24) is 19.1 Å². The molecule has 1 saturated carbocycles. The number of imidazole rings is 1. The summed E-state index contributed by atoms with van der Waals surface area (Å²) in [5, 5.41) is 0. The van der Waals surface area contributed by atoms with Crippen molar-refractivity contribution in [3.63, 3.8) is 0 Å². The summed E-state index contributed by atoms with van der Waals surface area (Å²) in [5.74, 6) is 0.631. The monoisotopic (exact) mass is 294 g/mol. The van der Waals surface area contributed by atoms with Gasteiger partial charge in [0.15, 0.2) is 11.2 Å². The average Bonchev–Trinajstić information content (AvgIpc) is 2.90. The summed E-state index contributed by atoms with van der Waals surface area (Å²) in [7, 11) is 1.59. The molecule has 1 fully saturated rings. The quantitative estimate of drug-likeness (QED) is 0.924. The summed E-state index contributed by atoms with van der Waals surface area (Å²) in [6, 6.07) is 0. The summed E-state index contributed by atoms with van der Waals surface area (Å²) in [6.07, 6.45) is 5.36. The zero-order valence-corrected chi connectivity index (χ0v) is 12.0. The summed E-state index contributed by atoms with van der Waals surface area (Å²) < 4.78 is 15.8. The molecular weight excluding hydrogens is 275 g/mol. The van der Waals surface area contributed by atoms with Crippen LogP contribution in [0.25, 0.3) is 11.2 Å². The third-order valence-electron chi connectivity index (χ3n) is 4.52. The zero-order chi connectivity index (χ0) is 15.0. The number of hydrogen-bond acceptors (Lipinski definition) is 3. The lowest BCUT2D eigenvalue weighted by molar-refractivity contribution is 0.218. The van der Waals surface area contributed by atoms with Gasteiger partial charge in [-0.3, -0.25) is 18.7 Å². The largest absolute Gasteiger partial charge is 0.329 e. The fourth-order valence-electron chi connectivity index (χ4n) is 3.17. The van der Waals surface area contributed by atoms with Crippen LogP contribution in [-0.4, -0.2) is 25.8 Å². The molecule has 0 radical (unpaired) electrons. The Hall–Kier alpha value is -1.92.